The van der Waals surface area contributed by atoms with Crippen LogP contribution in [0.4, 0.5) is 0 Å². The van der Waals surface area contributed by atoms with Crippen LogP contribution in [0.1, 0.15) is 26.5 Å². The first-order valence-electron chi connectivity index (χ1n) is 9.05. The van der Waals surface area contributed by atoms with Gasteiger partial charge in [0.25, 0.3) is 0 Å². The highest BCUT2D eigenvalue weighted by molar-refractivity contribution is 6.10. The summed E-state index contributed by atoms with van der Waals surface area (Å²) in [7, 11) is 1.45. The number of carbonyl (C=O) groups is 2. The lowest BCUT2D eigenvalue weighted by atomic mass is 10.1. The second kappa shape index (κ2) is 7.63. The Kier molecular flexibility index (Phi) is 4.87. The van der Waals surface area contributed by atoms with Gasteiger partial charge >= 0.3 is 5.97 Å². The Morgan fingerprint density at radius 2 is 1.79 bits per heavy atom. The molecule has 146 valence electrons. The maximum atomic E-state index is 12.7. The quantitative estimate of drug-likeness (QED) is 0.401. The Morgan fingerprint density at radius 3 is 2.55 bits per heavy atom. The van der Waals surface area contributed by atoms with Crippen molar-refractivity contribution in [3.63, 3.8) is 0 Å². The highest BCUT2D eigenvalue weighted by Crippen LogP contribution is 2.23. The molecular formula is C22H19N3O4. The molecule has 0 saturated carbocycles. The summed E-state index contributed by atoms with van der Waals surface area (Å²) >= 11 is 0. The van der Waals surface area contributed by atoms with Crippen molar-refractivity contribution in [1.82, 2.24) is 14.8 Å². The number of methoxy groups -OCH3 is 1. The van der Waals surface area contributed by atoms with Crippen LogP contribution in [0, 0.1) is 6.92 Å². The van der Waals surface area contributed by atoms with E-state index >= 15 is 0 Å². The van der Waals surface area contributed by atoms with Crippen LogP contribution in [-0.2, 0) is 4.74 Å². The van der Waals surface area contributed by atoms with E-state index in [-0.39, 0.29) is 23.8 Å². The van der Waals surface area contributed by atoms with Crippen LogP contribution in [0.3, 0.4) is 0 Å². The van der Waals surface area contributed by atoms with Crippen molar-refractivity contribution in [2.24, 2.45) is 0 Å². The molecule has 7 heteroatoms. The number of carbonyl (C=O) groups excluding carboxylic acids is 2. The Morgan fingerprint density at radius 1 is 1.07 bits per heavy atom. The zero-order valence-corrected chi connectivity index (χ0v) is 16.0. The lowest BCUT2D eigenvalue weighted by molar-refractivity contribution is 0.0465. The lowest BCUT2D eigenvalue weighted by Gasteiger charge is -2.04. The van der Waals surface area contributed by atoms with E-state index in [4.69, 9.17) is 9.47 Å². The van der Waals surface area contributed by atoms with Crippen LogP contribution in [-0.4, -0.2) is 40.2 Å². The molecule has 0 unspecified atom stereocenters. The average molecular weight is 389 g/mol. The molecule has 0 aliphatic heterocycles. The van der Waals surface area contributed by atoms with Crippen LogP contribution in [0.5, 0.6) is 5.75 Å². The van der Waals surface area contributed by atoms with Gasteiger partial charge in [-0.1, -0.05) is 36.4 Å². The molecular weight excluding hydrogens is 370 g/mol. The highest BCUT2D eigenvalue weighted by atomic mass is 16.5. The van der Waals surface area contributed by atoms with Gasteiger partial charge in [-0.25, -0.2) is 9.48 Å². The number of H-pyrrole nitrogens is 1. The monoisotopic (exact) mass is 389 g/mol. The van der Waals surface area contributed by atoms with E-state index in [0.717, 1.165) is 22.3 Å². The number of ketones is 1. The fraction of sp³-hybridized carbons (Fsp3) is 0.136. The standard InChI is InChI=1S/C22H19N3O4/c1-14-20(16-10-6-7-11-17(16)23-14)18(26)13-29-22(27)21-19(28-2)12-25(24-21)15-8-4-3-5-9-15/h3-12,23H,13H2,1-2H3. The zero-order valence-electron chi connectivity index (χ0n) is 16.0. The number of aromatic nitrogens is 3. The van der Waals surface area contributed by atoms with Gasteiger partial charge in [-0.05, 0) is 25.1 Å². The molecule has 0 bridgehead atoms. The van der Waals surface area contributed by atoms with Crippen LogP contribution in [0.2, 0.25) is 0 Å². The number of hydrogen-bond acceptors (Lipinski definition) is 5. The summed E-state index contributed by atoms with van der Waals surface area (Å²) in [6.07, 6.45) is 1.59. The summed E-state index contributed by atoms with van der Waals surface area (Å²) in [5.74, 6) is -0.730. The van der Waals surface area contributed by atoms with Gasteiger partial charge in [-0.15, -0.1) is 0 Å². The number of nitrogens with one attached hydrogen (secondary N) is 1. The Hall–Kier alpha value is -3.87. The number of ether oxygens (including phenoxy) is 2. The van der Waals surface area contributed by atoms with Gasteiger partial charge < -0.3 is 14.5 Å². The SMILES string of the molecule is COc1cn(-c2ccccc2)nc1C(=O)OCC(=O)c1c(C)[nH]c2ccccc12. The van der Waals surface area contributed by atoms with Crippen LogP contribution >= 0.6 is 0 Å². The van der Waals surface area contributed by atoms with E-state index in [1.165, 1.54) is 11.8 Å². The van der Waals surface area contributed by atoms with Crippen molar-refractivity contribution in [2.45, 2.75) is 6.92 Å². The second-order valence-electron chi connectivity index (χ2n) is 6.50. The molecule has 2 aromatic heterocycles. The van der Waals surface area contributed by atoms with E-state index in [1.807, 2.05) is 61.5 Å². The van der Waals surface area contributed by atoms with Crippen molar-refractivity contribution in [3.8, 4) is 11.4 Å². The Labute approximate surface area is 166 Å². The fourth-order valence-corrected chi connectivity index (χ4v) is 3.27. The number of para-hydroxylation sites is 2. The number of esters is 1. The van der Waals surface area contributed by atoms with Crippen molar-refractivity contribution < 1.29 is 19.1 Å². The highest BCUT2D eigenvalue weighted by Gasteiger charge is 2.22. The topological polar surface area (TPSA) is 86.2 Å². The number of nitrogens with zero attached hydrogens (tertiary/aromatic N) is 2. The fourth-order valence-electron chi connectivity index (χ4n) is 3.27. The molecule has 7 nitrogen and oxygen atoms in total. The molecule has 0 amide bonds. The number of aryl methyl sites for hydroxylation is 1. The van der Waals surface area contributed by atoms with Gasteiger partial charge in [-0.2, -0.15) is 5.10 Å². The predicted octanol–water partition coefficient (Wildman–Crippen LogP) is 3.71. The Bertz CT molecular complexity index is 1190. The first kappa shape index (κ1) is 18.5. The molecule has 0 fully saturated rings. The van der Waals surface area contributed by atoms with Crippen LogP contribution < -0.4 is 4.74 Å². The van der Waals surface area contributed by atoms with Gasteiger partial charge in [0, 0.05) is 22.2 Å². The lowest BCUT2D eigenvalue weighted by Crippen LogP contribution is -2.16. The minimum absolute atomic E-state index is 0.0137. The van der Waals surface area contributed by atoms with Crippen LogP contribution in [0.15, 0.2) is 60.8 Å². The summed E-state index contributed by atoms with van der Waals surface area (Å²) in [4.78, 5) is 28.4. The number of fused-ring (bicyclic) bond motifs is 1. The molecule has 1 N–H and O–H groups in total. The summed E-state index contributed by atoms with van der Waals surface area (Å²) in [5.41, 5.74) is 2.91. The molecule has 0 aliphatic carbocycles. The molecule has 4 aromatic rings. The molecule has 0 spiro atoms. The van der Waals surface area contributed by atoms with E-state index in [1.54, 1.807) is 6.20 Å². The predicted molar refractivity (Wildman–Crippen MR) is 108 cm³/mol. The van der Waals surface area contributed by atoms with Crippen LogP contribution in [0.25, 0.3) is 16.6 Å². The van der Waals surface area contributed by atoms with Crippen molar-refractivity contribution in [2.75, 3.05) is 13.7 Å². The summed E-state index contributed by atoms with van der Waals surface area (Å²) < 4.78 is 12.0. The minimum atomic E-state index is -0.720. The van der Waals surface area contributed by atoms with Gasteiger partial charge in [0.05, 0.1) is 19.0 Å². The first-order chi connectivity index (χ1) is 14.1. The van der Waals surface area contributed by atoms with E-state index < -0.39 is 5.97 Å². The molecule has 0 radical (unpaired) electrons. The number of rotatable bonds is 6. The number of benzene rings is 2. The number of hydrogen-bond donors (Lipinski definition) is 1. The molecule has 4 rings (SSSR count). The average Bonchev–Trinajstić information content (AvgIpc) is 3.33. The largest absolute Gasteiger partial charge is 0.493 e. The van der Waals surface area contributed by atoms with Crippen molar-refractivity contribution in [3.05, 3.63) is 77.7 Å². The van der Waals surface area contributed by atoms with Gasteiger partial charge in [0.15, 0.2) is 12.4 Å². The summed E-state index contributed by atoms with van der Waals surface area (Å²) in [5, 5.41) is 5.06. The number of Topliss-reactive ketones (excluding diaryl/α,β-unsaturated/α-hetero) is 1. The molecule has 29 heavy (non-hydrogen) atoms. The van der Waals surface area contributed by atoms with E-state index in [0.29, 0.717) is 5.56 Å². The third-order valence-corrected chi connectivity index (χ3v) is 4.62. The summed E-state index contributed by atoms with van der Waals surface area (Å²) in [6, 6.07) is 16.8. The third-order valence-electron chi connectivity index (χ3n) is 4.62. The molecule has 0 saturated heterocycles. The molecule has 0 atom stereocenters. The van der Waals surface area contributed by atoms with Crippen molar-refractivity contribution in [1.29, 1.82) is 0 Å². The van der Waals surface area contributed by atoms with E-state index in [2.05, 4.69) is 10.1 Å². The normalized spacial score (nSPS) is 10.8. The maximum absolute atomic E-state index is 12.7. The molecule has 2 aromatic carbocycles. The van der Waals surface area contributed by atoms with Gasteiger partial charge in [-0.3, -0.25) is 4.79 Å². The molecule has 2 heterocycles. The van der Waals surface area contributed by atoms with Gasteiger partial charge in [0.1, 0.15) is 0 Å². The third kappa shape index (κ3) is 3.50. The van der Waals surface area contributed by atoms with Crippen molar-refractivity contribution >= 4 is 22.7 Å². The zero-order chi connectivity index (χ0) is 20.4. The molecule has 0 aliphatic rings. The van der Waals surface area contributed by atoms with Gasteiger partial charge in [0.2, 0.25) is 11.5 Å². The second-order valence-corrected chi connectivity index (χ2v) is 6.50. The first-order valence-corrected chi connectivity index (χ1v) is 9.05. The van der Waals surface area contributed by atoms with E-state index in [9.17, 15) is 9.59 Å². The maximum Gasteiger partial charge on any atom is 0.363 e. The number of aromatic amines is 1. The minimum Gasteiger partial charge on any atom is -0.493 e. The smallest absolute Gasteiger partial charge is 0.363 e. The Balaban J connectivity index is 1.53. The summed E-state index contributed by atoms with van der Waals surface area (Å²) in [6.45, 7) is 1.43.